The lowest BCUT2D eigenvalue weighted by molar-refractivity contribution is 0.0994. The Balaban J connectivity index is 1.76. The summed E-state index contributed by atoms with van der Waals surface area (Å²) in [6, 6.07) is 7.00. The smallest absolute Gasteiger partial charge is 0.269 e. The standard InChI is InChI=1S/C20H19N5O4/c1-11-10-28-17-5-4-13(6-7-20(3,27)19-22-12(2)29-24-19)8-16(17)25-15(11)9-14(23-25)18(21)26/h4-5,8-9,11,27H,10H2,1-3H3,(H2,21,26). The van der Waals surface area contributed by atoms with Crippen LogP contribution in [0.2, 0.25) is 0 Å². The molecule has 148 valence electrons. The lowest BCUT2D eigenvalue weighted by atomic mass is 10.1. The Morgan fingerprint density at radius 3 is 2.90 bits per heavy atom. The molecule has 3 aromatic rings. The summed E-state index contributed by atoms with van der Waals surface area (Å²) in [6.07, 6.45) is 0. The molecule has 1 aromatic carbocycles. The zero-order chi connectivity index (χ0) is 20.8. The van der Waals surface area contributed by atoms with Crippen molar-refractivity contribution >= 4 is 5.91 Å². The number of aliphatic hydroxyl groups is 1. The molecule has 2 unspecified atom stereocenters. The van der Waals surface area contributed by atoms with Crippen LogP contribution >= 0.6 is 0 Å². The molecule has 0 saturated carbocycles. The highest BCUT2D eigenvalue weighted by atomic mass is 16.5. The summed E-state index contributed by atoms with van der Waals surface area (Å²) in [5.74, 6) is 6.15. The monoisotopic (exact) mass is 393 g/mol. The van der Waals surface area contributed by atoms with Crippen LogP contribution < -0.4 is 10.5 Å². The molecule has 29 heavy (non-hydrogen) atoms. The molecule has 4 rings (SSSR count). The topological polar surface area (TPSA) is 129 Å². The van der Waals surface area contributed by atoms with Gasteiger partial charge in [-0.1, -0.05) is 23.9 Å². The van der Waals surface area contributed by atoms with Gasteiger partial charge in [0.05, 0.1) is 12.3 Å². The fourth-order valence-electron chi connectivity index (χ4n) is 2.99. The predicted molar refractivity (Wildman–Crippen MR) is 101 cm³/mol. The van der Waals surface area contributed by atoms with Gasteiger partial charge in [0.1, 0.15) is 11.4 Å². The highest BCUT2D eigenvalue weighted by Crippen LogP contribution is 2.32. The number of aromatic nitrogens is 4. The maximum Gasteiger partial charge on any atom is 0.269 e. The summed E-state index contributed by atoms with van der Waals surface area (Å²) < 4.78 is 12.4. The number of nitrogens with two attached hydrogens (primary N) is 1. The number of carbonyl (C=O) groups excluding carboxylic acids is 1. The fraction of sp³-hybridized carbons (Fsp3) is 0.300. The largest absolute Gasteiger partial charge is 0.491 e. The van der Waals surface area contributed by atoms with Gasteiger partial charge in [0, 0.05) is 18.4 Å². The number of primary amides is 1. The van der Waals surface area contributed by atoms with E-state index in [1.54, 1.807) is 35.9 Å². The van der Waals surface area contributed by atoms with Crippen molar-refractivity contribution in [1.82, 2.24) is 19.9 Å². The summed E-state index contributed by atoms with van der Waals surface area (Å²) in [5, 5.41) is 18.6. The number of aryl methyl sites for hydroxylation is 1. The third kappa shape index (κ3) is 3.46. The molecule has 0 fully saturated rings. The lowest BCUT2D eigenvalue weighted by Gasteiger charge is -2.11. The van der Waals surface area contributed by atoms with Crippen molar-refractivity contribution in [3.63, 3.8) is 0 Å². The van der Waals surface area contributed by atoms with Gasteiger partial charge in [0.25, 0.3) is 5.91 Å². The second-order valence-corrected chi connectivity index (χ2v) is 7.08. The second kappa shape index (κ2) is 6.76. The SMILES string of the molecule is Cc1nc(C(C)(O)C#Cc2ccc3c(c2)-n2nc(C(N)=O)cc2C(C)CO3)no1. The third-order valence-electron chi connectivity index (χ3n) is 4.58. The van der Waals surface area contributed by atoms with Crippen LogP contribution in [-0.4, -0.2) is 37.5 Å². The van der Waals surface area contributed by atoms with E-state index in [4.69, 9.17) is 15.0 Å². The van der Waals surface area contributed by atoms with Crippen LogP contribution in [-0.2, 0) is 5.60 Å². The van der Waals surface area contributed by atoms with Crippen LogP contribution in [0.1, 0.15) is 53.2 Å². The molecule has 9 heteroatoms. The lowest BCUT2D eigenvalue weighted by Crippen LogP contribution is -2.20. The molecule has 0 bridgehead atoms. The van der Waals surface area contributed by atoms with Gasteiger partial charge in [-0.05, 0) is 31.2 Å². The molecule has 3 heterocycles. The van der Waals surface area contributed by atoms with Crippen molar-refractivity contribution in [2.24, 2.45) is 5.73 Å². The number of rotatable bonds is 2. The Bertz CT molecular complexity index is 1170. The van der Waals surface area contributed by atoms with Gasteiger partial charge in [0.15, 0.2) is 11.3 Å². The minimum Gasteiger partial charge on any atom is -0.491 e. The first kappa shape index (κ1) is 18.7. The third-order valence-corrected chi connectivity index (χ3v) is 4.58. The van der Waals surface area contributed by atoms with E-state index in [0.29, 0.717) is 29.5 Å². The van der Waals surface area contributed by atoms with Crippen molar-refractivity contribution in [1.29, 1.82) is 0 Å². The predicted octanol–water partition coefficient (Wildman–Crippen LogP) is 1.42. The molecule has 1 amide bonds. The molecular formula is C20H19N5O4. The number of benzene rings is 1. The summed E-state index contributed by atoms with van der Waals surface area (Å²) in [6.45, 7) is 5.54. The van der Waals surface area contributed by atoms with E-state index in [-0.39, 0.29) is 17.4 Å². The van der Waals surface area contributed by atoms with Gasteiger partial charge in [-0.15, -0.1) is 0 Å². The molecule has 9 nitrogen and oxygen atoms in total. The fourth-order valence-corrected chi connectivity index (χ4v) is 2.99. The second-order valence-electron chi connectivity index (χ2n) is 7.08. The molecular weight excluding hydrogens is 374 g/mol. The number of hydrogen-bond acceptors (Lipinski definition) is 7. The zero-order valence-corrected chi connectivity index (χ0v) is 16.1. The van der Waals surface area contributed by atoms with Crippen molar-refractivity contribution in [3.05, 3.63) is 52.9 Å². The van der Waals surface area contributed by atoms with E-state index in [0.717, 1.165) is 5.69 Å². The van der Waals surface area contributed by atoms with Gasteiger partial charge >= 0.3 is 0 Å². The molecule has 3 N–H and O–H groups in total. The van der Waals surface area contributed by atoms with E-state index >= 15 is 0 Å². The summed E-state index contributed by atoms with van der Waals surface area (Å²) >= 11 is 0. The number of ether oxygens (including phenoxy) is 1. The highest BCUT2D eigenvalue weighted by molar-refractivity contribution is 5.91. The minimum absolute atomic E-state index is 0.0137. The van der Waals surface area contributed by atoms with Crippen LogP contribution in [0.4, 0.5) is 0 Å². The maximum absolute atomic E-state index is 11.6. The number of fused-ring (bicyclic) bond motifs is 3. The number of amides is 1. The first-order valence-corrected chi connectivity index (χ1v) is 8.98. The van der Waals surface area contributed by atoms with Gasteiger partial charge in [0.2, 0.25) is 11.7 Å². The highest BCUT2D eigenvalue weighted by Gasteiger charge is 2.27. The Hall–Kier alpha value is -3.64. The summed E-state index contributed by atoms with van der Waals surface area (Å²) in [5.41, 5.74) is 6.08. The van der Waals surface area contributed by atoms with Crippen LogP contribution in [0.3, 0.4) is 0 Å². The number of carbonyl (C=O) groups is 1. The molecule has 0 aliphatic carbocycles. The van der Waals surface area contributed by atoms with Crippen molar-refractivity contribution in [3.8, 4) is 23.3 Å². The van der Waals surface area contributed by atoms with Crippen molar-refractivity contribution in [2.45, 2.75) is 32.3 Å². The van der Waals surface area contributed by atoms with E-state index in [1.165, 1.54) is 6.92 Å². The van der Waals surface area contributed by atoms with Crippen molar-refractivity contribution < 1.29 is 19.2 Å². The normalized spacial score (nSPS) is 17.0. The van der Waals surface area contributed by atoms with E-state index < -0.39 is 11.5 Å². The van der Waals surface area contributed by atoms with Crippen LogP contribution in [0.25, 0.3) is 5.69 Å². The number of nitrogens with zero attached hydrogens (tertiary/aromatic N) is 4. The minimum atomic E-state index is -1.58. The first-order chi connectivity index (χ1) is 13.7. The Labute approximate surface area is 166 Å². The average molecular weight is 393 g/mol. The van der Waals surface area contributed by atoms with Gasteiger partial charge < -0.3 is 20.1 Å². The molecule has 0 saturated heterocycles. The molecule has 2 aromatic heterocycles. The van der Waals surface area contributed by atoms with Crippen LogP contribution in [0, 0.1) is 18.8 Å². The molecule has 1 aliphatic rings. The summed E-state index contributed by atoms with van der Waals surface area (Å²) in [7, 11) is 0. The zero-order valence-electron chi connectivity index (χ0n) is 16.1. The van der Waals surface area contributed by atoms with E-state index in [9.17, 15) is 9.90 Å². The van der Waals surface area contributed by atoms with Crippen LogP contribution in [0.15, 0.2) is 28.8 Å². The van der Waals surface area contributed by atoms with Gasteiger partial charge in [-0.25, -0.2) is 4.68 Å². The van der Waals surface area contributed by atoms with Gasteiger partial charge in [-0.2, -0.15) is 10.1 Å². The van der Waals surface area contributed by atoms with Crippen LogP contribution in [0.5, 0.6) is 5.75 Å². The Morgan fingerprint density at radius 2 is 2.21 bits per heavy atom. The van der Waals surface area contributed by atoms with E-state index in [2.05, 4.69) is 27.1 Å². The first-order valence-electron chi connectivity index (χ1n) is 8.98. The summed E-state index contributed by atoms with van der Waals surface area (Å²) in [4.78, 5) is 15.6. The van der Waals surface area contributed by atoms with Gasteiger partial charge in [-0.3, -0.25) is 4.79 Å². The molecule has 1 aliphatic heterocycles. The average Bonchev–Trinajstić information content (AvgIpc) is 3.29. The van der Waals surface area contributed by atoms with Crippen molar-refractivity contribution in [2.75, 3.05) is 6.61 Å². The number of hydrogen-bond donors (Lipinski definition) is 2. The quantitative estimate of drug-likeness (QED) is 0.630. The Morgan fingerprint density at radius 1 is 1.41 bits per heavy atom. The molecule has 0 radical (unpaired) electrons. The maximum atomic E-state index is 11.6. The molecule has 0 spiro atoms. The van der Waals surface area contributed by atoms with E-state index in [1.807, 2.05) is 6.92 Å². The Kier molecular flexibility index (Phi) is 4.36. The molecule has 2 atom stereocenters.